The summed E-state index contributed by atoms with van der Waals surface area (Å²) < 4.78 is 28.5. The molecule has 12 heteroatoms. The van der Waals surface area contributed by atoms with Gasteiger partial charge in [-0.05, 0) is 37.5 Å². The Hall–Kier alpha value is -2.76. The van der Waals surface area contributed by atoms with Crippen molar-refractivity contribution in [3.63, 3.8) is 0 Å². The third-order valence-corrected chi connectivity index (χ3v) is 6.08. The molecule has 8 nitrogen and oxygen atoms in total. The summed E-state index contributed by atoms with van der Waals surface area (Å²) in [4.78, 5) is 25.8. The van der Waals surface area contributed by atoms with E-state index in [0.717, 1.165) is 11.1 Å². The van der Waals surface area contributed by atoms with E-state index >= 15 is 0 Å². The molecule has 0 aliphatic heterocycles. The Morgan fingerprint density at radius 1 is 1.31 bits per heavy atom. The van der Waals surface area contributed by atoms with Gasteiger partial charge in [-0.25, -0.2) is 18.7 Å². The second kappa shape index (κ2) is 11.3. The first-order valence-electron chi connectivity index (χ1n) is 11.0. The minimum atomic E-state index is -2.60. The van der Waals surface area contributed by atoms with Crippen LogP contribution in [0.4, 0.5) is 14.7 Å². The molecule has 0 bridgehead atoms. The molecule has 1 saturated carbocycles. The molecule has 35 heavy (non-hydrogen) atoms. The van der Waals surface area contributed by atoms with Crippen LogP contribution in [0.5, 0.6) is 0 Å². The van der Waals surface area contributed by atoms with Gasteiger partial charge in [0.05, 0.1) is 6.04 Å². The molecule has 1 amide bonds. The molecule has 1 fully saturated rings. The van der Waals surface area contributed by atoms with Gasteiger partial charge in [0.25, 0.3) is 5.91 Å². The molecule has 1 aromatic carbocycles. The topological polar surface area (TPSA) is 111 Å². The van der Waals surface area contributed by atoms with E-state index < -0.39 is 12.0 Å². The highest BCUT2D eigenvalue weighted by Gasteiger charge is 2.35. The van der Waals surface area contributed by atoms with Gasteiger partial charge in [-0.3, -0.25) is 9.36 Å². The Morgan fingerprint density at radius 3 is 2.74 bits per heavy atom. The van der Waals surface area contributed by atoms with E-state index in [1.165, 1.54) is 6.33 Å². The first kappa shape index (κ1) is 26.8. The molecule has 2 heterocycles. The summed E-state index contributed by atoms with van der Waals surface area (Å²) in [6.07, 6.45) is 5.11. The number of halogens is 3. The van der Waals surface area contributed by atoms with Gasteiger partial charge < -0.3 is 16.4 Å². The van der Waals surface area contributed by atoms with Crippen LogP contribution in [-0.2, 0) is 0 Å². The number of amides is 1. The molecule has 0 saturated heterocycles. The summed E-state index contributed by atoms with van der Waals surface area (Å²) in [5.41, 5.74) is 7.62. The molecule has 2 aromatic heterocycles. The fourth-order valence-corrected chi connectivity index (χ4v) is 4.12. The molecule has 1 atom stereocenters. The van der Waals surface area contributed by atoms with Crippen LogP contribution in [0, 0.1) is 6.92 Å². The lowest BCUT2D eigenvalue weighted by Crippen LogP contribution is -2.33. The van der Waals surface area contributed by atoms with Crippen molar-refractivity contribution >= 4 is 37.0 Å². The summed E-state index contributed by atoms with van der Waals surface area (Å²) in [5.74, 6) is -2.10. The fraction of sp³-hybridized carbons (Fsp3) is 0.391. The average Bonchev–Trinajstić information content (AvgIpc) is 3.30. The molecule has 1 aliphatic rings. The lowest BCUT2D eigenvalue weighted by Gasteiger charge is -2.28. The van der Waals surface area contributed by atoms with Crippen molar-refractivity contribution < 1.29 is 13.6 Å². The smallest absolute Gasteiger partial charge is 0.272 e. The SMILES string of the molecule is Cc1cnc(NC2CCC(F)(F)CC2)nc1-n1cnc(C(=O)N[C@H](CN)c2cccc(Cl)c2)c1.S. The third kappa shape index (κ3) is 6.68. The number of alkyl halides is 2. The van der Waals surface area contributed by atoms with Gasteiger partial charge in [0.2, 0.25) is 11.9 Å². The van der Waals surface area contributed by atoms with Crippen molar-refractivity contribution in [2.75, 3.05) is 11.9 Å². The van der Waals surface area contributed by atoms with E-state index in [1.807, 2.05) is 13.0 Å². The second-order valence-corrected chi connectivity index (χ2v) is 8.89. The third-order valence-electron chi connectivity index (χ3n) is 5.85. The van der Waals surface area contributed by atoms with E-state index in [1.54, 1.807) is 35.2 Å². The number of imidazole rings is 1. The van der Waals surface area contributed by atoms with Crippen molar-refractivity contribution in [1.82, 2.24) is 24.8 Å². The number of hydrogen-bond acceptors (Lipinski definition) is 6. The number of carbonyl (C=O) groups excluding carboxylic acids is 1. The number of hydrogen-bond donors (Lipinski definition) is 3. The predicted octanol–water partition coefficient (Wildman–Crippen LogP) is 4.16. The van der Waals surface area contributed by atoms with E-state index in [2.05, 4.69) is 25.6 Å². The highest BCUT2D eigenvalue weighted by molar-refractivity contribution is 7.59. The maximum atomic E-state index is 13.4. The fourth-order valence-electron chi connectivity index (χ4n) is 3.92. The van der Waals surface area contributed by atoms with E-state index in [-0.39, 0.29) is 50.5 Å². The molecule has 0 unspecified atom stereocenters. The van der Waals surface area contributed by atoms with Gasteiger partial charge in [-0.15, -0.1) is 0 Å². The summed E-state index contributed by atoms with van der Waals surface area (Å²) in [5, 5.41) is 6.58. The standard InChI is InChI=1S/C23H26ClF2N7O.H2S/c1-14-11-28-22(30-17-5-7-23(25,26)8-6-17)32-20(14)33-12-19(29-13-33)21(34)31-18(10-27)15-3-2-4-16(24)9-15;/h2-4,9,11-13,17-18H,5-8,10,27H2,1H3,(H,31,34)(H,28,30,32);1H2/t18-;/m1./s1. The quantitative estimate of drug-likeness (QED) is 0.429. The molecule has 0 radical (unpaired) electrons. The van der Waals surface area contributed by atoms with Gasteiger partial charge >= 0.3 is 0 Å². The van der Waals surface area contributed by atoms with E-state index in [4.69, 9.17) is 17.3 Å². The molecule has 1 aliphatic carbocycles. The number of aryl methyl sites for hydroxylation is 1. The van der Waals surface area contributed by atoms with Gasteiger partial charge in [-0.2, -0.15) is 18.5 Å². The first-order valence-corrected chi connectivity index (χ1v) is 11.4. The molecular weight excluding hydrogens is 496 g/mol. The van der Waals surface area contributed by atoms with E-state index in [0.29, 0.717) is 29.6 Å². The van der Waals surface area contributed by atoms with Crippen LogP contribution in [0.1, 0.15) is 53.3 Å². The Morgan fingerprint density at radius 2 is 2.06 bits per heavy atom. The Kier molecular flexibility index (Phi) is 8.68. The van der Waals surface area contributed by atoms with Crippen LogP contribution in [-0.4, -0.2) is 43.9 Å². The second-order valence-electron chi connectivity index (χ2n) is 8.46. The van der Waals surface area contributed by atoms with Crippen LogP contribution in [0.3, 0.4) is 0 Å². The minimum absolute atomic E-state index is 0. The minimum Gasteiger partial charge on any atom is -0.351 e. The highest BCUT2D eigenvalue weighted by atomic mass is 35.5. The maximum absolute atomic E-state index is 13.4. The molecule has 4 N–H and O–H groups in total. The Labute approximate surface area is 214 Å². The Balaban J connectivity index is 0.00000342. The van der Waals surface area contributed by atoms with Crippen LogP contribution in [0.15, 0.2) is 43.0 Å². The zero-order valence-electron chi connectivity index (χ0n) is 19.1. The van der Waals surface area contributed by atoms with Gasteiger partial charge in [0.15, 0.2) is 0 Å². The number of benzene rings is 1. The molecule has 0 spiro atoms. The number of nitrogens with zero attached hydrogens (tertiary/aromatic N) is 4. The summed E-state index contributed by atoms with van der Waals surface area (Å²) in [6.45, 7) is 2.03. The number of nitrogens with one attached hydrogen (secondary N) is 2. The molecule has 188 valence electrons. The summed E-state index contributed by atoms with van der Waals surface area (Å²) in [6, 6.07) is 6.61. The highest BCUT2D eigenvalue weighted by Crippen LogP contribution is 2.34. The lowest BCUT2D eigenvalue weighted by molar-refractivity contribution is -0.0361. The average molecular weight is 524 g/mol. The van der Waals surface area contributed by atoms with Crippen molar-refractivity contribution in [3.8, 4) is 5.82 Å². The number of carbonyl (C=O) groups is 1. The van der Waals surface area contributed by atoms with Crippen LogP contribution in [0.25, 0.3) is 5.82 Å². The van der Waals surface area contributed by atoms with Crippen molar-refractivity contribution in [3.05, 3.63) is 64.8 Å². The van der Waals surface area contributed by atoms with Crippen LogP contribution >= 0.6 is 25.1 Å². The monoisotopic (exact) mass is 523 g/mol. The summed E-state index contributed by atoms with van der Waals surface area (Å²) in [7, 11) is 0. The van der Waals surface area contributed by atoms with Crippen molar-refractivity contribution in [2.24, 2.45) is 5.73 Å². The van der Waals surface area contributed by atoms with Gasteiger partial charge in [0.1, 0.15) is 17.8 Å². The van der Waals surface area contributed by atoms with E-state index in [9.17, 15) is 13.6 Å². The number of nitrogens with two attached hydrogens (primary N) is 1. The first-order chi connectivity index (χ1) is 16.2. The summed E-state index contributed by atoms with van der Waals surface area (Å²) >= 11 is 6.05. The predicted molar refractivity (Wildman–Crippen MR) is 136 cm³/mol. The van der Waals surface area contributed by atoms with Crippen LogP contribution < -0.4 is 16.4 Å². The lowest BCUT2D eigenvalue weighted by atomic mass is 9.92. The molecular formula is C23H28ClF2N7OS. The number of rotatable bonds is 7. The molecule has 4 rings (SSSR count). The van der Waals surface area contributed by atoms with Crippen LogP contribution in [0.2, 0.25) is 5.02 Å². The normalized spacial score (nSPS) is 16.3. The molecule has 3 aromatic rings. The number of anilines is 1. The zero-order valence-corrected chi connectivity index (χ0v) is 20.9. The van der Waals surface area contributed by atoms with Gasteiger partial charge in [-0.1, -0.05) is 23.7 Å². The maximum Gasteiger partial charge on any atom is 0.272 e. The van der Waals surface area contributed by atoms with Crippen molar-refractivity contribution in [2.45, 2.75) is 50.6 Å². The van der Waals surface area contributed by atoms with Crippen molar-refractivity contribution in [1.29, 1.82) is 0 Å². The largest absolute Gasteiger partial charge is 0.351 e. The Bertz CT molecular complexity index is 1170. The zero-order chi connectivity index (χ0) is 24.3. The van der Waals surface area contributed by atoms with Gasteiger partial charge in [0, 0.05) is 48.4 Å². The number of aromatic nitrogens is 4.